The largest absolute Gasteiger partial charge is 0.494 e. The number of fused-ring (bicyclic) bond motifs is 1. The first-order valence-electron chi connectivity index (χ1n) is 25.4. The van der Waals surface area contributed by atoms with Crippen LogP contribution in [0.3, 0.4) is 0 Å². The lowest BCUT2D eigenvalue weighted by molar-refractivity contribution is 0.0723. The van der Waals surface area contributed by atoms with Gasteiger partial charge >= 0.3 is 11.9 Å². The SMILES string of the molecule is O=C(Oc1ccc(OC(=O)c2ccc(OCCCCCCCCCCC(CC3CO3)C3CO3)cc2)c2ccccc12)c1ccc(OCCCCCCCCCCC(CC2CO2)C2CO2)cc1. The van der Waals surface area contributed by atoms with Crippen LogP contribution in [0.5, 0.6) is 23.0 Å². The number of esters is 2. The summed E-state index contributed by atoms with van der Waals surface area (Å²) in [6.07, 6.45) is 26.7. The van der Waals surface area contributed by atoms with E-state index in [0.717, 1.165) is 63.6 Å². The zero-order chi connectivity index (χ0) is 45.2. The standard InChI is InChI=1S/C56H72O10/c57-55(41-23-27-45(28-24-41)59-33-17-11-7-3-1-5-9-13-19-43(53-39-63-53)35-47-37-61-47)65-51-31-32-52(50-22-16-15-21-49(50)51)66-56(58)42-25-29-46(30-26-42)60-34-18-12-8-4-2-6-10-14-20-44(54-40-64-54)36-48-38-62-48/h15-16,21-32,43-44,47-48,53-54H,1-14,17-20,33-40H2. The summed E-state index contributed by atoms with van der Waals surface area (Å²) in [5, 5.41) is 1.33. The number of unbranched alkanes of at least 4 members (excludes halogenated alkanes) is 14. The van der Waals surface area contributed by atoms with Crippen LogP contribution in [0, 0.1) is 11.8 Å². The summed E-state index contributed by atoms with van der Waals surface area (Å²) in [5.74, 6) is 2.67. The van der Waals surface area contributed by atoms with Gasteiger partial charge in [-0.3, -0.25) is 0 Å². The second-order valence-corrected chi connectivity index (χ2v) is 19.0. The van der Waals surface area contributed by atoms with Gasteiger partial charge in [0.1, 0.15) is 23.0 Å². The molecule has 6 unspecified atom stereocenters. The second kappa shape index (κ2) is 25.6. The Bertz CT molecular complexity index is 1920. The zero-order valence-electron chi connectivity index (χ0n) is 39.0. The van der Waals surface area contributed by atoms with Crippen molar-refractivity contribution >= 4 is 22.7 Å². The van der Waals surface area contributed by atoms with Crippen molar-refractivity contribution < 1.29 is 47.5 Å². The molecule has 0 aliphatic carbocycles. The van der Waals surface area contributed by atoms with Gasteiger partial charge in [0.05, 0.1) is 75.2 Å². The topological polar surface area (TPSA) is 121 Å². The molecule has 10 nitrogen and oxygen atoms in total. The molecular weight excluding hydrogens is 833 g/mol. The van der Waals surface area contributed by atoms with Crippen LogP contribution in [0.15, 0.2) is 84.9 Å². The molecule has 4 saturated heterocycles. The van der Waals surface area contributed by atoms with Crippen molar-refractivity contribution in [1.29, 1.82) is 0 Å². The number of hydrogen-bond acceptors (Lipinski definition) is 10. The Hall–Kier alpha value is -4.48. The molecule has 4 aliphatic rings. The number of carbonyl (C=O) groups excluding carboxylic acids is 2. The Balaban J connectivity index is 0.673. The van der Waals surface area contributed by atoms with Crippen LogP contribution in [0.2, 0.25) is 0 Å². The summed E-state index contributed by atoms with van der Waals surface area (Å²) >= 11 is 0. The van der Waals surface area contributed by atoms with Crippen LogP contribution in [-0.2, 0) is 18.9 Å². The maximum atomic E-state index is 13.2. The highest BCUT2D eigenvalue weighted by atomic mass is 16.6. The molecule has 4 fully saturated rings. The Morgan fingerprint density at radius 2 is 0.788 bits per heavy atom. The van der Waals surface area contributed by atoms with E-state index in [1.54, 1.807) is 36.4 Å². The summed E-state index contributed by atoms with van der Waals surface area (Å²) in [6, 6.07) is 24.9. The van der Waals surface area contributed by atoms with Crippen molar-refractivity contribution in [1.82, 2.24) is 0 Å². The minimum atomic E-state index is -0.478. The summed E-state index contributed by atoms with van der Waals surface area (Å²) in [4.78, 5) is 26.5. The van der Waals surface area contributed by atoms with E-state index in [1.807, 2.05) is 48.5 Å². The lowest BCUT2D eigenvalue weighted by atomic mass is 9.93. The molecule has 4 aliphatic heterocycles. The van der Waals surface area contributed by atoms with E-state index in [1.165, 1.54) is 103 Å². The highest BCUT2D eigenvalue weighted by Gasteiger charge is 2.38. The van der Waals surface area contributed by atoms with E-state index < -0.39 is 11.9 Å². The quantitative estimate of drug-likeness (QED) is 0.0194. The fraction of sp³-hybridized carbons (Fsp3) is 0.571. The molecule has 66 heavy (non-hydrogen) atoms. The second-order valence-electron chi connectivity index (χ2n) is 19.0. The molecule has 6 atom stereocenters. The lowest BCUT2D eigenvalue weighted by Crippen LogP contribution is -2.11. The molecule has 0 spiro atoms. The normalized spacial score (nSPS) is 20.1. The van der Waals surface area contributed by atoms with E-state index in [4.69, 9.17) is 37.9 Å². The number of ether oxygens (including phenoxy) is 8. The zero-order valence-corrected chi connectivity index (χ0v) is 39.0. The van der Waals surface area contributed by atoms with Crippen LogP contribution in [0.25, 0.3) is 10.8 Å². The predicted molar refractivity (Wildman–Crippen MR) is 256 cm³/mol. The first-order chi connectivity index (χ1) is 32.6. The van der Waals surface area contributed by atoms with E-state index >= 15 is 0 Å². The lowest BCUT2D eigenvalue weighted by Gasteiger charge is -2.13. The molecule has 0 saturated carbocycles. The van der Waals surface area contributed by atoms with Gasteiger partial charge in [-0.25, -0.2) is 9.59 Å². The van der Waals surface area contributed by atoms with Crippen molar-refractivity contribution in [2.45, 2.75) is 153 Å². The third-order valence-corrected chi connectivity index (χ3v) is 13.6. The third-order valence-electron chi connectivity index (χ3n) is 13.6. The van der Waals surface area contributed by atoms with E-state index in [0.29, 0.717) is 82.9 Å². The van der Waals surface area contributed by atoms with Crippen LogP contribution in [-0.4, -0.2) is 76.0 Å². The first kappa shape index (κ1) is 48.0. The molecule has 356 valence electrons. The molecule has 10 heteroatoms. The maximum absolute atomic E-state index is 13.2. The van der Waals surface area contributed by atoms with Gasteiger partial charge in [0.15, 0.2) is 0 Å². The highest BCUT2D eigenvalue weighted by molar-refractivity contribution is 6.00. The highest BCUT2D eigenvalue weighted by Crippen LogP contribution is 2.36. The summed E-state index contributed by atoms with van der Waals surface area (Å²) < 4.78 is 45.7. The van der Waals surface area contributed by atoms with Crippen LogP contribution >= 0.6 is 0 Å². The van der Waals surface area contributed by atoms with Crippen molar-refractivity contribution in [2.75, 3.05) is 39.6 Å². The number of hydrogen-bond donors (Lipinski definition) is 0. The molecule has 0 aromatic heterocycles. The van der Waals surface area contributed by atoms with Crippen molar-refractivity contribution in [2.24, 2.45) is 11.8 Å². The van der Waals surface area contributed by atoms with Crippen LogP contribution < -0.4 is 18.9 Å². The summed E-state index contributed by atoms with van der Waals surface area (Å²) in [6.45, 7) is 5.09. The molecule has 4 aromatic rings. The molecule has 0 N–H and O–H groups in total. The Kier molecular flexibility index (Phi) is 18.6. The van der Waals surface area contributed by atoms with Gasteiger partial charge in [-0.2, -0.15) is 0 Å². The minimum absolute atomic E-state index is 0.382. The van der Waals surface area contributed by atoms with Gasteiger partial charge in [0.25, 0.3) is 0 Å². The molecule has 0 amide bonds. The smallest absolute Gasteiger partial charge is 0.343 e. The first-order valence-corrected chi connectivity index (χ1v) is 25.4. The average molecular weight is 905 g/mol. The van der Waals surface area contributed by atoms with E-state index in [9.17, 15) is 9.59 Å². The van der Waals surface area contributed by atoms with Gasteiger partial charge in [-0.1, -0.05) is 114 Å². The van der Waals surface area contributed by atoms with Gasteiger partial charge < -0.3 is 37.9 Å². The van der Waals surface area contributed by atoms with Gasteiger partial charge in [-0.05, 0) is 111 Å². The monoisotopic (exact) mass is 905 g/mol. The predicted octanol–water partition coefficient (Wildman–Crippen LogP) is 12.7. The number of epoxide rings is 4. The van der Waals surface area contributed by atoms with Crippen LogP contribution in [0.1, 0.15) is 149 Å². The van der Waals surface area contributed by atoms with Crippen LogP contribution in [0.4, 0.5) is 0 Å². The average Bonchev–Trinajstić information content (AvgIpc) is 4.12. The summed E-state index contributed by atoms with van der Waals surface area (Å²) in [5.41, 5.74) is 0.840. The molecule has 0 radical (unpaired) electrons. The van der Waals surface area contributed by atoms with Gasteiger partial charge in [0.2, 0.25) is 0 Å². The number of rotatable bonds is 34. The fourth-order valence-electron chi connectivity index (χ4n) is 9.28. The van der Waals surface area contributed by atoms with Crippen molar-refractivity contribution in [3.63, 3.8) is 0 Å². The minimum Gasteiger partial charge on any atom is -0.494 e. The maximum Gasteiger partial charge on any atom is 0.343 e. The summed E-state index contributed by atoms with van der Waals surface area (Å²) in [7, 11) is 0. The number of carbonyl (C=O) groups is 2. The van der Waals surface area contributed by atoms with E-state index in [-0.39, 0.29) is 0 Å². The molecule has 8 rings (SSSR count). The van der Waals surface area contributed by atoms with Gasteiger partial charge in [0, 0.05) is 10.8 Å². The Morgan fingerprint density at radius 3 is 1.14 bits per heavy atom. The van der Waals surface area contributed by atoms with Gasteiger partial charge in [-0.15, -0.1) is 0 Å². The van der Waals surface area contributed by atoms with Crippen molar-refractivity contribution in [3.8, 4) is 23.0 Å². The molecular formula is C56H72O10. The molecule has 4 aromatic carbocycles. The molecule has 4 heterocycles. The Labute approximate surface area is 392 Å². The fourth-order valence-corrected chi connectivity index (χ4v) is 9.28. The molecule has 0 bridgehead atoms. The third kappa shape index (κ3) is 16.4. The Morgan fingerprint density at radius 1 is 0.439 bits per heavy atom. The van der Waals surface area contributed by atoms with E-state index in [2.05, 4.69) is 0 Å². The van der Waals surface area contributed by atoms with Crippen molar-refractivity contribution in [3.05, 3.63) is 96.1 Å². The number of benzene rings is 4.